The molecule has 0 aliphatic carbocycles. The predicted octanol–water partition coefficient (Wildman–Crippen LogP) is 3.40. The van der Waals surface area contributed by atoms with Crippen molar-refractivity contribution in [3.8, 4) is 17.2 Å². The largest absolute Gasteiger partial charge is 0.497 e. The number of hydrogen-bond donors (Lipinski definition) is 1. The average Bonchev–Trinajstić information content (AvgIpc) is 3.49. The fourth-order valence-corrected chi connectivity index (χ4v) is 3.46. The fourth-order valence-electron chi connectivity index (χ4n) is 3.46. The van der Waals surface area contributed by atoms with Crippen LogP contribution in [0.4, 0.5) is 4.79 Å². The number of amides is 3. The van der Waals surface area contributed by atoms with Gasteiger partial charge in [0.05, 0.1) is 33.4 Å². The van der Waals surface area contributed by atoms with E-state index in [1.165, 1.54) is 45.6 Å². The number of carbonyl (C=O) groups excluding carboxylic acids is 4. The van der Waals surface area contributed by atoms with E-state index in [9.17, 15) is 19.2 Å². The van der Waals surface area contributed by atoms with Crippen molar-refractivity contribution < 1.29 is 42.5 Å². The van der Waals surface area contributed by atoms with E-state index in [0.717, 1.165) is 4.90 Å². The number of carbonyl (C=O) groups is 4. The zero-order valence-electron chi connectivity index (χ0n) is 20.1. The molecule has 2 aromatic carbocycles. The molecule has 11 nitrogen and oxygen atoms in total. The number of methoxy groups -OCH3 is 3. The lowest BCUT2D eigenvalue weighted by molar-refractivity contribution is -0.123. The smallest absolute Gasteiger partial charge is 0.373 e. The van der Waals surface area contributed by atoms with Gasteiger partial charge in [-0.3, -0.25) is 9.69 Å². The first-order valence-electron chi connectivity index (χ1n) is 10.9. The van der Waals surface area contributed by atoms with Crippen LogP contribution in [0.1, 0.15) is 32.2 Å². The number of ether oxygens (including phenoxy) is 4. The van der Waals surface area contributed by atoms with Gasteiger partial charge in [-0.05, 0) is 60.2 Å². The highest BCUT2D eigenvalue weighted by atomic mass is 16.6. The Labute approximate surface area is 211 Å². The first-order chi connectivity index (χ1) is 17.8. The molecule has 11 heteroatoms. The summed E-state index contributed by atoms with van der Waals surface area (Å²) in [6.07, 6.45) is 1.46. The summed E-state index contributed by atoms with van der Waals surface area (Å²) < 4.78 is 25.8. The predicted molar refractivity (Wildman–Crippen MR) is 128 cm³/mol. The summed E-state index contributed by atoms with van der Waals surface area (Å²) in [5.74, 6) is -0.632. The molecule has 37 heavy (non-hydrogen) atoms. The van der Waals surface area contributed by atoms with Gasteiger partial charge in [-0.15, -0.1) is 0 Å². The molecular weight excluding hydrogens is 484 g/mol. The molecule has 190 valence electrons. The highest BCUT2D eigenvalue weighted by molar-refractivity contribution is 6.13. The molecule has 1 aromatic heterocycles. The first-order valence-corrected chi connectivity index (χ1v) is 10.9. The van der Waals surface area contributed by atoms with E-state index < -0.39 is 23.9 Å². The lowest BCUT2D eigenvalue weighted by Gasteiger charge is -2.11. The molecule has 0 atom stereocenters. The third-order valence-corrected chi connectivity index (χ3v) is 5.35. The SMILES string of the molecule is COC(=O)c1ccc(CN2C(=O)N/C(=C\c3ccc(OC(=O)c4ccc(OC)cc4)c(OC)c3)C2=O)o1. The zero-order valence-corrected chi connectivity index (χ0v) is 20.1. The number of imide groups is 1. The number of nitrogens with zero attached hydrogens (tertiary/aromatic N) is 1. The minimum absolute atomic E-state index is 0.0229. The standard InChI is InChI=1S/C26H22N2O9/c1-33-17-7-5-16(6-8-17)24(30)37-20-10-4-15(13-22(20)34-2)12-19-23(29)28(26(32)27-19)14-18-9-11-21(36-18)25(31)35-3/h4-13H,14H2,1-3H3,(H,27,32)/b19-12-. The van der Waals surface area contributed by atoms with Crippen LogP contribution < -0.4 is 19.5 Å². The van der Waals surface area contributed by atoms with Crippen molar-refractivity contribution >= 4 is 30.0 Å². The Hall–Kier alpha value is -5.06. The minimum atomic E-state index is -0.670. The van der Waals surface area contributed by atoms with E-state index >= 15 is 0 Å². The van der Waals surface area contributed by atoms with Crippen molar-refractivity contribution in [3.63, 3.8) is 0 Å². The molecule has 1 N–H and O–H groups in total. The van der Waals surface area contributed by atoms with Gasteiger partial charge >= 0.3 is 18.0 Å². The molecular formula is C26H22N2O9. The lowest BCUT2D eigenvalue weighted by Crippen LogP contribution is -2.30. The Bertz CT molecular complexity index is 1390. The summed E-state index contributed by atoms with van der Waals surface area (Å²) >= 11 is 0. The number of nitrogens with one attached hydrogen (secondary N) is 1. The number of rotatable bonds is 8. The van der Waals surface area contributed by atoms with Gasteiger partial charge in [0.2, 0.25) is 5.76 Å². The minimum Gasteiger partial charge on any atom is -0.497 e. The number of benzene rings is 2. The lowest BCUT2D eigenvalue weighted by atomic mass is 10.1. The molecule has 0 bridgehead atoms. The maximum Gasteiger partial charge on any atom is 0.373 e. The van der Waals surface area contributed by atoms with Crippen molar-refractivity contribution in [2.45, 2.75) is 6.54 Å². The monoisotopic (exact) mass is 506 g/mol. The van der Waals surface area contributed by atoms with Crippen molar-refractivity contribution in [3.05, 3.63) is 82.9 Å². The van der Waals surface area contributed by atoms with E-state index in [-0.39, 0.29) is 35.3 Å². The van der Waals surface area contributed by atoms with Crippen LogP contribution in [-0.4, -0.2) is 50.1 Å². The summed E-state index contributed by atoms with van der Waals surface area (Å²) in [5.41, 5.74) is 0.857. The molecule has 0 spiro atoms. The van der Waals surface area contributed by atoms with E-state index in [0.29, 0.717) is 16.9 Å². The van der Waals surface area contributed by atoms with Crippen LogP contribution in [0.25, 0.3) is 6.08 Å². The topological polar surface area (TPSA) is 134 Å². The molecule has 2 heterocycles. The molecule has 3 aromatic rings. The summed E-state index contributed by atoms with van der Waals surface area (Å²) in [5, 5.41) is 2.51. The first kappa shape index (κ1) is 25.0. The Kier molecular flexibility index (Phi) is 7.23. The van der Waals surface area contributed by atoms with Crippen LogP contribution in [0.15, 0.2) is 64.7 Å². The van der Waals surface area contributed by atoms with E-state index in [1.807, 2.05) is 0 Å². The maximum atomic E-state index is 12.8. The quantitative estimate of drug-likeness (QED) is 0.211. The summed E-state index contributed by atoms with van der Waals surface area (Å²) in [6.45, 7) is -0.178. The molecule has 1 fully saturated rings. The second kappa shape index (κ2) is 10.7. The molecule has 4 rings (SSSR count). The third kappa shape index (κ3) is 5.45. The van der Waals surface area contributed by atoms with Crippen LogP contribution in [0.5, 0.6) is 17.2 Å². The molecule has 1 aliphatic heterocycles. The normalized spacial score (nSPS) is 13.9. The molecule has 0 saturated carbocycles. The van der Waals surface area contributed by atoms with Crippen LogP contribution in [0, 0.1) is 0 Å². The Balaban J connectivity index is 1.48. The summed E-state index contributed by atoms with van der Waals surface area (Å²) in [4.78, 5) is 50.2. The van der Waals surface area contributed by atoms with E-state index in [1.54, 1.807) is 36.4 Å². The second-order valence-electron chi connectivity index (χ2n) is 7.67. The van der Waals surface area contributed by atoms with Gasteiger partial charge in [0.15, 0.2) is 11.5 Å². The number of esters is 2. The number of urea groups is 1. The zero-order chi connectivity index (χ0) is 26.5. The number of furan rings is 1. The third-order valence-electron chi connectivity index (χ3n) is 5.35. The molecule has 1 aliphatic rings. The summed E-state index contributed by atoms with van der Waals surface area (Å²) in [7, 11) is 4.15. The van der Waals surface area contributed by atoms with Crippen LogP contribution in [0.3, 0.4) is 0 Å². The van der Waals surface area contributed by atoms with E-state index in [4.69, 9.17) is 18.6 Å². The van der Waals surface area contributed by atoms with Crippen molar-refractivity contribution in [2.24, 2.45) is 0 Å². The van der Waals surface area contributed by atoms with Crippen LogP contribution in [-0.2, 0) is 16.1 Å². The van der Waals surface area contributed by atoms with Gasteiger partial charge in [0, 0.05) is 0 Å². The van der Waals surface area contributed by atoms with Crippen molar-refractivity contribution in [1.82, 2.24) is 10.2 Å². The van der Waals surface area contributed by atoms with E-state index in [2.05, 4.69) is 10.1 Å². The molecule has 0 radical (unpaired) electrons. The fraction of sp³-hybridized carbons (Fsp3) is 0.154. The van der Waals surface area contributed by atoms with Gasteiger partial charge in [-0.1, -0.05) is 6.07 Å². The second-order valence-corrected chi connectivity index (χ2v) is 7.67. The summed E-state index contributed by atoms with van der Waals surface area (Å²) in [6, 6.07) is 13.3. The molecule has 0 unspecified atom stereocenters. The highest BCUT2D eigenvalue weighted by Crippen LogP contribution is 2.30. The van der Waals surface area contributed by atoms with Gasteiger partial charge < -0.3 is 28.7 Å². The Morgan fingerprint density at radius 1 is 0.919 bits per heavy atom. The van der Waals surface area contributed by atoms with Crippen molar-refractivity contribution in [1.29, 1.82) is 0 Å². The Morgan fingerprint density at radius 3 is 2.35 bits per heavy atom. The molecule has 3 amide bonds. The Morgan fingerprint density at radius 2 is 1.68 bits per heavy atom. The average molecular weight is 506 g/mol. The maximum absolute atomic E-state index is 12.8. The van der Waals surface area contributed by atoms with Crippen LogP contribution in [0.2, 0.25) is 0 Å². The molecule has 1 saturated heterocycles. The number of hydrogen-bond acceptors (Lipinski definition) is 9. The van der Waals surface area contributed by atoms with Gasteiger partial charge in [0.1, 0.15) is 17.2 Å². The van der Waals surface area contributed by atoms with Gasteiger partial charge in [0.25, 0.3) is 5.91 Å². The van der Waals surface area contributed by atoms with Gasteiger partial charge in [-0.2, -0.15) is 0 Å². The van der Waals surface area contributed by atoms with Crippen molar-refractivity contribution in [2.75, 3.05) is 21.3 Å². The highest BCUT2D eigenvalue weighted by Gasteiger charge is 2.34. The van der Waals surface area contributed by atoms with Gasteiger partial charge in [-0.25, -0.2) is 14.4 Å². The van der Waals surface area contributed by atoms with Crippen LogP contribution >= 0.6 is 0 Å².